The molecule has 0 bridgehead atoms. The molecule has 10 heteroatoms. The van der Waals surface area contributed by atoms with E-state index >= 15 is 0 Å². The van der Waals surface area contributed by atoms with Gasteiger partial charge in [0, 0.05) is 53.0 Å². The van der Waals surface area contributed by atoms with Gasteiger partial charge in [0.2, 0.25) is 10.0 Å². The second-order valence-electron chi connectivity index (χ2n) is 7.22. The summed E-state index contributed by atoms with van der Waals surface area (Å²) in [7, 11) is 0.406. The van der Waals surface area contributed by atoms with E-state index in [1.165, 1.54) is 5.56 Å². The molecule has 1 N–H and O–H groups in total. The number of guanidine groups is 1. The van der Waals surface area contributed by atoms with Crippen LogP contribution in [0.15, 0.2) is 17.4 Å². The Bertz CT molecular complexity index is 723. The molecule has 2 heterocycles. The van der Waals surface area contributed by atoms with Gasteiger partial charge in [-0.25, -0.2) is 8.42 Å². The maximum Gasteiger partial charge on any atom is 0.216 e. The molecule has 0 radical (unpaired) electrons. The number of nitrogens with one attached hydrogen (secondary N) is 1. The molecule has 1 fully saturated rings. The number of hydrogen-bond donors (Lipinski definition) is 1. The fraction of sp³-hybridized carbons (Fsp3) is 0.778. The lowest BCUT2D eigenvalue weighted by Gasteiger charge is -2.35. The van der Waals surface area contributed by atoms with E-state index in [2.05, 4.69) is 20.3 Å². The van der Waals surface area contributed by atoms with Crippen molar-refractivity contribution in [2.45, 2.75) is 32.8 Å². The standard InChI is InChI=1S/C18H34N6O3S/c1-16(2)27-12-13-28(25,26)24-10-8-23(9-11-24)18(19-3)20-7-5-6-17-14-21-22(4)15-17/h14-16H,5-13H2,1-4H3,(H,19,20). The highest BCUT2D eigenvalue weighted by molar-refractivity contribution is 7.89. The van der Waals surface area contributed by atoms with Crippen molar-refractivity contribution in [1.82, 2.24) is 24.3 Å². The van der Waals surface area contributed by atoms with Crippen molar-refractivity contribution in [2.75, 3.05) is 52.1 Å². The fourth-order valence-electron chi connectivity index (χ4n) is 3.12. The Morgan fingerprint density at radius 3 is 2.61 bits per heavy atom. The number of aromatic nitrogens is 2. The van der Waals surface area contributed by atoms with Crippen molar-refractivity contribution < 1.29 is 13.2 Å². The monoisotopic (exact) mass is 414 g/mol. The molecule has 1 aromatic rings. The molecule has 9 nitrogen and oxygen atoms in total. The van der Waals surface area contributed by atoms with Crippen molar-refractivity contribution >= 4 is 16.0 Å². The van der Waals surface area contributed by atoms with Crippen molar-refractivity contribution in [3.8, 4) is 0 Å². The average molecular weight is 415 g/mol. The minimum atomic E-state index is -3.27. The molecule has 0 amide bonds. The van der Waals surface area contributed by atoms with Gasteiger partial charge in [0.1, 0.15) is 0 Å². The molecular formula is C18H34N6O3S. The number of aryl methyl sites for hydroxylation is 2. The molecule has 1 aliphatic rings. The van der Waals surface area contributed by atoms with Crippen LogP contribution in [-0.2, 0) is 28.2 Å². The van der Waals surface area contributed by atoms with E-state index in [4.69, 9.17) is 4.74 Å². The summed E-state index contributed by atoms with van der Waals surface area (Å²) in [5, 5.41) is 7.55. The molecule has 0 atom stereocenters. The van der Waals surface area contributed by atoms with Crippen LogP contribution in [-0.4, -0.2) is 91.6 Å². The Morgan fingerprint density at radius 1 is 1.32 bits per heavy atom. The predicted molar refractivity (Wildman–Crippen MR) is 111 cm³/mol. The second kappa shape index (κ2) is 10.8. The second-order valence-corrected chi connectivity index (χ2v) is 9.31. The van der Waals surface area contributed by atoms with Crippen LogP contribution >= 0.6 is 0 Å². The van der Waals surface area contributed by atoms with E-state index < -0.39 is 10.0 Å². The predicted octanol–water partition coefficient (Wildman–Crippen LogP) is 0.301. The van der Waals surface area contributed by atoms with Gasteiger partial charge in [-0.1, -0.05) is 0 Å². The fourth-order valence-corrected chi connectivity index (χ4v) is 4.41. The van der Waals surface area contributed by atoms with Crippen LogP contribution in [0, 0.1) is 0 Å². The third-order valence-electron chi connectivity index (χ3n) is 4.62. The summed E-state index contributed by atoms with van der Waals surface area (Å²) in [5.41, 5.74) is 1.22. The van der Waals surface area contributed by atoms with Gasteiger partial charge in [0.15, 0.2) is 5.96 Å². The van der Waals surface area contributed by atoms with Crippen LogP contribution in [0.2, 0.25) is 0 Å². The Kier molecular flexibility index (Phi) is 8.71. The zero-order chi connectivity index (χ0) is 20.6. The van der Waals surface area contributed by atoms with Crippen molar-refractivity contribution in [1.29, 1.82) is 0 Å². The van der Waals surface area contributed by atoms with E-state index in [0.717, 1.165) is 25.3 Å². The molecule has 1 aliphatic heterocycles. The highest BCUT2D eigenvalue weighted by Gasteiger charge is 2.27. The molecule has 2 rings (SSSR count). The number of ether oxygens (including phenoxy) is 1. The maximum absolute atomic E-state index is 12.4. The van der Waals surface area contributed by atoms with E-state index in [0.29, 0.717) is 26.2 Å². The summed E-state index contributed by atoms with van der Waals surface area (Å²) in [6.45, 7) is 7.06. The van der Waals surface area contributed by atoms with Crippen LogP contribution in [0.3, 0.4) is 0 Å². The molecule has 0 spiro atoms. The number of piperazine rings is 1. The van der Waals surface area contributed by atoms with Gasteiger partial charge in [-0.15, -0.1) is 0 Å². The SMILES string of the molecule is CN=C(NCCCc1cnn(C)c1)N1CCN(S(=O)(=O)CCOC(C)C)CC1. The zero-order valence-corrected chi connectivity index (χ0v) is 18.3. The summed E-state index contributed by atoms with van der Waals surface area (Å²) < 4.78 is 33.6. The Morgan fingerprint density at radius 2 is 2.04 bits per heavy atom. The molecule has 0 aliphatic carbocycles. The topological polar surface area (TPSA) is 92.1 Å². The summed E-state index contributed by atoms with van der Waals surface area (Å²) in [5.74, 6) is 0.860. The molecule has 160 valence electrons. The number of hydrogen-bond acceptors (Lipinski definition) is 5. The minimum Gasteiger partial charge on any atom is -0.378 e. The quantitative estimate of drug-likeness (QED) is 0.355. The molecule has 0 unspecified atom stereocenters. The highest BCUT2D eigenvalue weighted by Crippen LogP contribution is 2.09. The maximum atomic E-state index is 12.4. The smallest absolute Gasteiger partial charge is 0.216 e. The third-order valence-corrected chi connectivity index (χ3v) is 6.45. The minimum absolute atomic E-state index is 0.0342. The van der Waals surface area contributed by atoms with Gasteiger partial charge in [0.05, 0.1) is 24.7 Å². The lowest BCUT2D eigenvalue weighted by Crippen LogP contribution is -2.54. The first-order valence-electron chi connectivity index (χ1n) is 9.84. The first-order valence-corrected chi connectivity index (χ1v) is 11.5. The van der Waals surface area contributed by atoms with E-state index in [1.54, 1.807) is 11.4 Å². The molecular weight excluding hydrogens is 380 g/mol. The largest absolute Gasteiger partial charge is 0.378 e. The third kappa shape index (κ3) is 7.06. The molecule has 1 aromatic heterocycles. The first-order chi connectivity index (χ1) is 13.3. The van der Waals surface area contributed by atoms with Crippen molar-refractivity contribution in [3.05, 3.63) is 18.0 Å². The van der Waals surface area contributed by atoms with Gasteiger partial charge in [0.25, 0.3) is 0 Å². The number of nitrogens with zero attached hydrogens (tertiary/aromatic N) is 5. The number of sulfonamides is 1. The van der Waals surface area contributed by atoms with Crippen LogP contribution < -0.4 is 5.32 Å². The molecule has 1 saturated heterocycles. The van der Waals surface area contributed by atoms with E-state index in [1.807, 2.05) is 38.0 Å². The van der Waals surface area contributed by atoms with Gasteiger partial charge in [-0.05, 0) is 32.3 Å². The Labute approximate surface area is 168 Å². The molecule has 0 saturated carbocycles. The normalized spacial score (nSPS) is 16.8. The Balaban J connectivity index is 1.72. The van der Waals surface area contributed by atoms with Crippen molar-refractivity contribution in [2.24, 2.45) is 12.0 Å². The average Bonchev–Trinajstić information content (AvgIpc) is 3.07. The summed E-state index contributed by atoms with van der Waals surface area (Å²) in [6.07, 6.45) is 5.90. The van der Waals surface area contributed by atoms with Gasteiger partial charge < -0.3 is 15.0 Å². The van der Waals surface area contributed by atoms with Crippen LogP contribution in [0.25, 0.3) is 0 Å². The van der Waals surface area contributed by atoms with Gasteiger partial charge in [-0.2, -0.15) is 9.40 Å². The molecule has 0 aromatic carbocycles. The van der Waals surface area contributed by atoms with Gasteiger partial charge >= 0.3 is 0 Å². The summed E-state index contributed by atoms with van der Waals surface area (Å²) in [6, 6.07) is 0. The lowest BCUT2D eigenvalue weighted by atomic mass is 10.2. The van der Waals surface area contributed by atoms with E-state index in [-0.39, 0.29) is 18.5 Å². The zero-order valence-electron chi connectivity index (χ0n) is 17.5. The number of rotatable bonds is 9. The Hall–Kier alpha value is -1.65. The van der Waals surface area contributed by atoms with E-state index in [9.17, 15) is 8.42 Å². The van der Waals surface area contributed by atoms with Crippen LogP contribution in [0.4, 0.5) is 0 Å². The first kappa shape index (κ1) is 22.6. The number of aliphatic imine (C=N–C) groups is 1. The van der Waals surface area contributed by atoms with Gasteiger partial charge in [-0.3, -0.25) is 9.67 Å². The molecule has 28 heavy (non-hydrogen) atoms. The lowest BCUT2D eigenvalue weighted by molar-refractivity contribution is 0.0904. The van der Waals surface area contributed by atoms with Crippen LogP contribution in [0.1, 0.15) is 25.8 Å². The van der Waals surface area contributed by atoms with Crippen molar-refractivity contribution in [3.63, 3.8) is 0 Å². The van der Waals surface area contributed by atoms with Crippen LogP contribution in [0.5, 0.6) is 0 Å². The highest BCUT2D eigenvalue weighted by atomic mass is 32.2. The summed E-state index contributed by atoms with van der Waals surface area (Å²) in [4.78, 5) is 6.46. The summed E-state index contributed by atoms with van der Waals surface area (Å²) >= 11 is 0.